The predicted molar refractivity (Wildman–Crippen MR) is 89.8 cm³/mol. The molecule has 0 amide bonds. The molecule has 2 aliphatic carbocycles. The van der Waals surface area contributed by atoms with E-state index in [1.165, 1.54) is 27.8 Å². The van der Waals surface area contributed by atoms with E-state index in [0.29, 0.717) is 0 Å². The summed E-state index contributed by atoms with van der Waals surface area (Å²) in [7, 11) is 0. The number of aryl methyl sites for hydroxylation is 1. The Bertz CT molecular complexity index is 642. The molecule has 1 heteroatoms. The van der Waals surface area contributed by atoms with Gasteiger partial charge in [0.15, 0.2) is 0 Å². The van der Waals surface area contributed by atoms with Gasteiger partial charge in [-0.3, -0.25) is 0 Å². The third-order valence-corrected chi connectivity index (χ3v) is 3.45. The largest absolute Gasteiger partial charge is 0.322 e. The number of nitrogens with two attached hydrogens (primary N) is 1. The lowest BCUT2D eigenvalue weighted by atomic mass is 10.0. The second kappa shape index (κ2) is 5.26. The number of fused-ring (bicyclic) bond motifs is 1. The van der Waals surface area contributed by atoms with Gasteiger partial charge in [-0.25, -0.2) is 0 Å². The normalized spacial score (nSPS) is 12.2. The van der Waals surface area contributed by atoms with Crippen LogP contribution in [0.15, 0.2) is 43.0 Å². The molecule has 20 heavy (non-hydrogen) atoms. The van der Waals surface area contributed by atoms with E-state index < -0.39 is 0 Å². The third kappa shape index (κ3) is 3.17. The average Bonchev–Trinajstić information content (AvgIpc) is 2.65. The maximum atomic E-state index is 6.03. The fraction of sp³-hybridized carbons (Fsp3) is 0.263. The summed E-state index contributed by atoms with van der Waals surface area (Å²) in [5.41, 5.74) is 13.0. The third-order valence-electron chi connectivity index (χ3n) is 3.45. The van der Waals surface area contributed by atoms with E-state index in [1.807, 2.05) is 26.8 Å². The Balaban J connectivity index is 2.59. The van der Waals surface area contributed by atoms with E-state index in [4.69, 9.17) is 5.73 Å². The highest BCUT2D eigenvalue weighted by atomic mass is 14.7. The van der Waals surface area contributed by atoms with E-state index in [9.17, 15) is 0 Å². The van der Waals surface area contributed by atoms with Gasteiger partial charge in [0, 0.05) is 5.54 Å². The van der Waals surface area contributed by atoms with Crippen LogP contribution >= 0.6 is 0 Å². The highest BCUT2D eigenvalue weighted by Gasteiger charge is 2.11. The molecule has 0 saturated heterocycles. The summed E-state index contributed by atoms with van der Waals surface area (Å²) in [6.07, 6.45) is 4.16. The number of allylic oxidation sites excluding steroid dienone is 1. The lowest BCUT2D eigenvalue weighted by molar-refractivity contribution is 0.657. The molecule has 0 heterocycles. The van der Waals surface area contributed by atoms with E-state index >= 15 is 0 Å². The number of hydrogen-bond donors (Lipinski definition) is 1. The van der Waals surface area contributed by atoms with Crippen molar-refractivity contribution in [2.75, 3.05) is 0 Å². The predicted octanol–water partition coefficient (Wildman–Crippen LogP) is 4.88. The van der Waals surface area contributed by atoms with Crippen molar-refractivity contribution >= 4 is 11.6 Å². The van der Waals surface area contributed by atoms with Gasteiger partial charge in [-0.1, -0.05) is 48.6 Å². The molecular weight excluding hydrogens is 242 g/mol. The summed E-state index contributed by atoms with van der Waals surface area (Å²) < 4.78 is 0. The lowest BCUT2D eigenvalue weighted by Crippen LogP contribution is -2.28. The quantitative estimate of drug-likeness (QED) is 0.840. The van der Waals surface area contributed by atoms with Crippen molar-refractivity contribution in [3.05, 3.63) is 59.7 Å². The van der Waals surface area contributed by atoms with Crippen LogP contribution in [0.3, 0.4) is 0 Å². The molecular formula is C19H23N. The smallest absolute Gasteiger partial charge is 0.0284 e. The first-order valence-corrected chi connectivity index (χ1v) is 6.95. The summed E-state index contributed by atoms with van der Waals surface area (Å²) in [4.78, 5) is 0. The molecule has 104 valence electrons. The minimum absolute atomic E-state index is 0.299. The molecule has 0 atom stereocenters. The van der Waals surface area contributed by atoms with Crippen molar-refractivity contribution in [3.8, 4) is 11.1 Å². The topological polar surface area (TPSA) is 26.0 Å². The Morgan fingerprint density at radius 1 is 1.15 bits per heavy atom. The fourth-order valence-corrected chi connectivity index (χ4v) is 2.24. The van der Waals surface area contributed by atoms with Crippen molar-refractivity contribution in [2.24, 2.45) is 5.73 Å². The van der Waals surface area contributed by atoms with Gasteiger partial charge >= 0.3 is 0 Å². The van der Waals surface area contributed by atoms with Crippen molar-refractivity contribution in [2.45, 2.75) is 33.2 Å². The lowest BCUT2D eigenvalue weighted by Gasteiger charge is -2.11. The molecule has 1 nitrogen and oxygen atoms in total. The first kappa shape index (κ1) is 14.5. The van der Waals surface area contributed by atoms with Gasteiger partial charge in [-0.15, -0.1) is 0 Å². The minimum atomic E-state index is -0.299. The van der Waals surface area contributed by atoms with E-state index in [1.54, 1.807) is 0 Å². The van der Waals surface area contributed by atoms with E-state index in [2.05, 4.69) is 49.9 Å². The fourth-order valence-electron chi connectivity index (χ4n) is 2.24. The molecule has 0 unspecified atom stereocenters. The van der Waals surface area contributed by atoms with Gasteiger partial charge in [-0.05, 0) is 61.6 Å². The Morgan fingerprint density at radius 2 is 1.85 bits per heavy atom. The van der Waals surface area contributed by atoms with Gasteiger partial charge in [0.1, 0.15) is 0 Å². The average molecular weight is 265 g/mol. The molecule has 0 aliphatic heterocycles. The van der Waals surface area contributed by atoms with Crippen LogP contribution in [-0.2, 0) is 0 Å². The maximum Gasteiger partial charge on any atom is 0.0284 e. The van der Waals surface area contributed by atoms with Crippen LogP contribution in [0.25, 0.3) is 22.8 Å². The van der Waals surface area contributed by atoms with Crippen molar-refractivity contribution in [1.82, 2.24) is 0 Å². The van der Waals surface area contributed by atoms with Crippen LogP contribution < -0.4 is 5.73 Å². The van der Waals surface area contributed by atoms with Crippen LogP contribution in [0, 0.1) is 6.92 Å². The monoisotopic (exact) mass is 265 g/mol. The van der Waals surface area contributed by atoms with Gasteiger partial charge in [0.05, 0.1) is 0 Å². The summed E-state index contributed by atoms with van der Waals surface area (Å²) in [6.45, 7) is 12.2. The van der Waals surface area contributed by atoms with Crippen LogP contribution in [0.4, 0.5) is 0 Å². The van der Waals surface area contributed by atoms with Crippen LogP contribution in [0.1, 0.15) is 37.5 Å². The van der Waals surface area contributed by atoms with Gasteiger partial charge in [0.2, 0.25) is 0 Å². The zero-order valence-corrected chi connectivity index (χ0v) is 12.8. The molecule has 0 aromatic heterocycles. The van der Waals surface area contributed by atoms with Crippen LogP contribution in [0.2, 0.25) is 0 Å². The second-order valence-electron chi connectivity index (χ2n) is 6.17. The summed E-state index contributed by atoms with van der Waals surface area (Å²) in [5.74, 6) is 0. The van der Waals surface area contributed by atoms with Gasteiger partial charge < -0.3 is 5.73 Å². The van der Waals surface area contributed by atoms with Gasteiger partial charge in [-0.2, -0.15) is 0 Å². The van der Waals surface area contributed by atoms with Crippen molar-refractivity contribution in [1.29, 1.82) is 0 Å². The summed E-state index contributed by atoms with van der Waals surface area (Å²) >= 11 is 0. The zero-order valence-electron chi connectivity index (χ0n) is 12.8. The standard InChI is InChI=1S/C19H23N/c1-13(2)16-7-6-14(3)17-9-8-15(18(17)12-16)10-11-19(4,5)20/h6-12H,1,20H2,2-5H3. The number of hydrogen-bond acceptors (Lipinski definition) is 1. The van der Waals surface area contributed by atoms with Gasteiger partial charge in [0.25, 0.3) is 0 Å². The van der Waals surface area contributed by atoms with E-state index in [0.717, 1.165) is 5.57 Å². The summed E-state index contributed by atoms with van der Waals surface area (Å²) in [5, 5.41) is 0. The maximum absolute atomic E-state index is 6.03. The molecule has 0 saturated carbocycles. The molecule has 2 N–H and O–H groups in total. The van der Waals surface area contributed by atoms with Crippen LogP contribution in [-0.4, -0.2) is 5.54 Å². The zero-order chi connectivity index (χ0) is 14.9. The molecule has 0 fully saturated rings. The minimum Gasteiger partial charge on any atom is -0.322 e. The molecule has 2 aliphatic rings. The van der Waals surface area contributed by atoms with Crippen molar-refractivity contribution in [3.63, 3.8) is 0 Å². The SMILES string of the molecule is C=C(C)c1ccc(C)c2ccc(C=CC(C)(C)N)c-2c1. The first-order valence-electron chi connectivity index (χ1n) is 6.95. The van der Waals surface area contributed by atoms with Crippen LogP contribution in [0.5, 0.6) is 0 Å². The highest BCUT2D eigenvalue weighted by Crippen LogP contribution is 2.33. The molecule has 0 aromatic carbocycles. The molecule has 0 aromatic rings. The van der Waals surface area contributed by atoms with Crippen molar-refractivity contribution < 1.29 is 0 Å². The Labute approximate surface area is 122 Å². The Hall–Kier alpha value is -1.86. The molecule has 2 rings (SSSR count). The number of rotatable bonds is 3. The first-order chi connectivity index (χ1) is 9.28. The molecule has 0 bridgehead atoms. The Morgan fingerprint density at radius 3 is 2.45 bits per heavy atom. The second-order valence-corrected chi connectivity index (χ2v) is 6.17. The molecule has 0 radical (unpaired) electrons. The molecule has 0 spiro atoms. The highest BCUT2D eigenvalue weighted by molar-refractivity contribution is 5.82. The Kier molecular flexibility index (Phi) is 3.82. The summed E-state index contributed by atoms with van der Waals surface area (Å²) in [6, 6.07) is 10.8. The van der Waals surface area contributed by atoms with E-state index in [-0.39, 0.29) is 5.54 Å².